The number of rotatable bonds is 3. The Kier molecular flexibility index (Phi) is 10.4. The van der Waals surface area contributed by atoms with Crippen LogP contribution in [0.15, 0.2) is 59.8 Å². The van der Waals surface area contributed by atoms with Crippen LogP contribution in [-0.4, -0.2) is 16.3 Å². The predicted octanol–water partition coefficient (Wildman–Crippen LogP) is 4.09. The van der Waals surface area contributed by atoms with Gasteiger partial charge in [0.05, 0.1) is 11.9 Å². The minimum atomic E-state index is -0.250. The summed E-state index contributed by atoms with van der Waals surface area (Å²) in [5.41, 5.74) is 4.42. The van der Waals surface area contributed by atoms with Gasteiger partial charge in [0.15, 0.2) is 5.11 Å². The molecule has 2 N–H and O–H groups in total. The van der Waals surface area contributed by atoms with E-state index in [1.54, 1.807) is 12.4 Å². The first-order chi connectivity index (χ1) is 10.3. The molecule has 0 fully saturated rings. The van der Waals surface area contributed by atoms with Gasteiger partial charge >= 0.3 is 40.5 Å². The number of benzene rings is 1. The van der Waals surface area contributed by atoms with Crippen LogP contribution in [0.5, 0.6) is 0 Å². The molecule has 0 saturated heterocycles. The second-order valence-corrected chi connectivity index (χ2v) is 18.0. The molecule has 0 radical (unpaired) electrons. The molecule has 0 aliphatic carbocycles. The summed E-state index contributed by atoms with van der Waals surface area (Å²) in [6, 6.07) is 15.3. The topological polar surface area (TPSA) is 49.3 Å². The SMILES string of the molecule is S=C(NN=Cc1ccccn1)Nc1ccccc1.[Br][Zn][Br]. The van der Waals surface area contributed by atoms with Crippen LogP contribution in [0, 0.1) is 0 Å². The maximum atomic E-state index is 5.10. The number of hydrogen-bond acceptors (Lipinski definition) is 3. The Hall–Kier alpha value is -0.687. The van der Waals surface area contributed by atoms with E-state index in [1.165, 1.54) is 0 Å². The van der Waals surface area contributed by atoms with Gasteiger partial charge in [0.1, 0.15) is 0 Å². The molecular formula is C13H12Br2N4SZn. The summed E-state index contributed by atoms with van der Waals surface area (Å²) in [6.07, 6.45) is 3.32. The van der Waals surface area contributed by atoms with E-state index in [9.17, 15) is 0 Å². The summed E-state index contributed by atoms with van der Waals surface area (Å²) >= 11 is 11.3. The average molecular weight is 482 g/mol. The summed E-state index contributed by atoms with van der Waals surface area (Å²) in [6.45, 7) is 0. The van der Waals surface area contributed by atoms with Crippen molar-refractivity contribution >= 4 is 56.5 Å². The third kappa shape index (κ3) is 9.03. The first-order valence-corrected chi connectivity index (χ1v) is 20.2. The van der Waals surface area contributed by atoms with Crippen molar-refractivity contribution in [2.75, 3.05) is 5.32 Å². The van der Waals surface area contributed by atoms with E-state index in [-0.39, 0.29) is 13.2 Å². The molecule has 21 heavy (non-hydrogen) atoms. The van der Waals surface area contributed by atoms with Gasteiger partial charge in [-0.3, -0.25) is 10.4 Å². The zero-order chi connectivity index (χ0) is 15.3. The fourth-order valence-electron chi connectivity index (χ4n) is 1.29. The Labute approximate surface area is 150 Å². The first-order valence-electron chi connectivity index (χ1n) is 5.94. The molecule has 1 aromatic carbocycles. The quantitative estimate of drug-likeness (QED) is 0.300. The van der Waals surface area contributed by atoms with Crippen LogP contribution < -0.4 is 10.7 Å². The molecule has 0 saturated carbocycles. The Morgan fingerprint density at radius 1 is 1.14 bits per heavy atom. The number of thiocarbonyl (C=S) groups is 1. The number of hydrazone groups is 1. The molecular weight excluding hydrogens is 469 g/mol. The number of nitrogens with zero attached hydrogens (tertiary/aromatic N) is 2. The number of para-hydroxylation sites is 1. The minimum absolute atomic E-state index is 0.250. The van der Waals surface area contributed by atoms with Gasteiger partial charge in [-0.2, -0.15) is 5.10 Å². The summed E-state index contributed by atoms with van der Waals surface area (Å²) in [5, 5.41) is 7.45. The van der Waals surface area contributed by atoms with Crippen LogP contribution in [0.25, 0.3) is 0 Å². The molecule has 8 heteroatoms. The molecule has 1 heterocycles. The molecule has 0 aliphatic heterocycles. The van der Waals surface area contributed by atoms with Crippen molar-refractivity contribution in [2.24, 2.45) is 5.10 Å². The van der Waals surface area contributed by atoms with Gasteiger partial charge in [0, 0.05) is 11.9 Å². The number of pyridine rings is 1. The zero-order valence-electron chi connectivity index (χ0n) is 11.0. The zero-order valence-corrected chi connectivity index (χ0v) is 18.0. The third-order valence-electron chi connectivity index (χ3n) is 2.08. The maximum absolute atomic E-state index is 5.10. The van der Waals surface area contributed by atoms with Gasteiger partial charge in [-0.25, -0.2) is 0 Å². The molecule has 0 aliphatic rings. The van der Waals surface area contributed by atoms with Gasteiger partial charge in [0.25, 0.3) is 0 Å². The number of nitrogens with one attached hydrogen (secondary N) is 2. The molecule has 4 nitrogen and oxygen atoms in total. The summed E-state index contributed by atoms with van der Waals surface area (Å²) in [4.78, 5) is 4.11. The van der Waals surface area contributed by atoms with E-state index >= 15 is 0 Å². The van der Waals surface area contributed by atoms with Crippen molar-refractivity contribution in [2.45, 2.75) is 0 Å². The van der Waals surface area contributed by atoms with Crippen LogP contribution in [-0.2, 0) is 13.2 Å². The van der Waals surface area contributed by atoms with Gasteiger partial charge < -0.3 is 5.32 Å². The number of hydrogen-bond donors (Lipinski definition) is 2. The van der Waals surface area contributed by atoms with Crippen LogP contribution >= 0.6 is 39.5 Å². The van der Waals surface area contributed by atoms with E-state index in [0.717, 1.165) is 11.4 Å². The normalized spacial score (nSPS) is 9.24. The van der Waals surface area contributed by atoms with Gasteiger partial charge in [0.2, 0.25) is 0 Å². The van der Waals surface area contributed by atoms with Crippen LogP contribution in [0.1, 0.15) is 5.69 Å². The molecule has 0 unspecified atom stereocenters. The van der Waals surface area contributed by atoms with Crippen LogP contribution in [0.2, 0.25) is 0 Å². The standard InChI is InChI=1S/C13H12N4S.2BrH.Zn/c18-13(16-11-6-2-1-3-7-11)17-15-10-12-8-4-5-9-14-12;;;/h1-10H,(H2,16,17,18);2*1H;/q;;;+2/p-2. The third-order valence-corrected chi connectivity index (χ3v) is 2.28. The second-order valence-electron chi connectivity index (χ2n) is 3.55. The van der Waals surface area contributed by atoms with Gasteiger partial charge in [-0.05, 0) is 36.5 Å². The molecule has 0 spiro atoms. The van der Waals surface area contributed by atoms with Crippen LogP contribution in [0.4, 0.5) is 5.69 Å². The summed E-state index contributed by atoms with van der Waals surface area (Å²) < 4.78 is 0. The van der Waals surface area contributed by atoms with Crippen molar-refractivity contribution in [1.82, 2.24) is 10.4 Å². The molecule has 0 bridgehead atoms. The van der Waals surface area contributed by atoms with E-state index in [2.05, 4.69) is 48.1 Å². The summed E-state index contributed by atoms with van der Waals surface area (Å²) in [7, 11) is 0. The molecule has 0 atom stereocenters. The summed E-state index contributed by atoms with van der Waals surface area (Å²) in [5.74, 6) is 0. The first kappa shape index (κ1) is 18.4. The molecule has 1 aromatic heterocycles. The van der Waals surface area contributed by atoms with E-state index < -0.39 is 0 Å². The monoisotopic (exact) mass is 478 g/mol. The van der Waals surface area contributed by atoms with Crippen LogP contribution in [0.3, 0.4) is 0 Å². The van der Waals surface area contributed by atoms with E-state index in [1.807, 2.05) is 48.5 Å². The Morgan fingerprint density at radius 3 is 2.43 bits per heavy atom. The van der Waals surface area contributed by atoms with Gasteiger partial charge in [-0.15, -0.1) is 0 Å². The Balaban J connectivity index is 0.000000677. The number of anilines is 1. The molecule has 2 aromatic rings. The predicted molar refractivity (Wildman–Crippen MR) is 95.5 cm³/mol. The molecule has 2 rings (SSSR count). The second kappa shape index (κ2) is 11.9. The van der Waals surface area contributed by atoms with Gasteiger partial charge in [-0.1, -0.05) is 24.3 Å². The number of halogens is 2. The Morgan fingerprint density at radius 2 is 1.81 bits per heavy atom. The van der Waals surface area contributed by atoms with E-state index in [4.69, 9.17) is 12.2 Å². The van der Waals surface area contributed by atoms with Crippen molar-refractivity contribution in [3.8, 4) is 0 Å². The van der Waals surface area contributed by atoms with E-state index in [0.29, 0.717) is 5.11 Å². The molecule has 0 amide bonds. The fraction of sp³-hybridized carbons (Fsp3) is 0. The van der Waals surface area contributed by atoms with Crippen molar-refractivity contribution in [1.29, 1.82) is 0 Å². The fourth-order valence-corrected chi connectivity index (χ4v) is 1.46. The van der Waals surface area contributed by atoms with Crippen molar-refractivity contribution in [3.05, 3.63) is 60.4 Å². The number of aromatic nitrogens is 1. The Bertz CT molecular complexity index is 555. The van der Waals surface area contributed by atoms with Crippen molar-refractivity contribution in [3.63, 3.8) is 0 Å². The molecule has 106 valence electrons. The average Bonchev–Trinajstić information content (AvgIpc) is 2.50. The van der Waals surface area contributed by atoms with Crippen molar-refractivity contribution < 1.29 is 13.2 Å².